The molecule has 17 nitrogen and oxygen atoms in total. The number of carbonyl (C=O) groups excluding carboxylic acids is 4. The predicted octanol–water partition coefficient (Wildman–Crippen LogP) is 3.45. The number of halogens is 3. The average molecular weight is 772 g/mol. The van der Waals surface area contributed by atoms with Gasteiger partial charge >= 0.3 is 24.1 Å². The zero-order valence-electron chi connectivity index (χ0n) is 29.7. The van der Waals surface area contributed by atoms with Gasteiger partial charge in [0.25, 0.3) is 11.8 Å². The molecule has 0 radical (unpaired) electrons. The van der Waals surface area contributed by atoms with Crippen molar-refractivity contribution in [2.45, 2.75) is 84.0 Å². The maximum atomic E-state index is 13.0. The van der Waals surface area contributed by atoms with E-state index in [0.29, 0.717) is 29.2 Å². The summed E-state index contributed by atoms with van der Waals surface area (Å²) < 4.78 is 37.4. The number of aliphatic carboxylic acids is 3. The van der Waals surface area contributed by atoms with E-state index in [1.807, 2.05) is 6.92 Å². The second-order valence-electron chi connectivity index (χ2n) is 11.4. The third kappa shape index (κ3) is 15.4. The van der Waals surface area contributed by atoms with Crippen LogP contribution in [-0.4, -0.2) is 104 Å². The highest BCUT2D eigenvalue weighted by atomic mass is 19.4. The van der Waals surface area contributed by atoms with Crippen LogP contribution in [0.5, 0.6) is 5.75 Å². The standard InChI is InChI=1S/C32H43N5O10.C2HF3O2/c1-4-7-8-10-21(26(5-2)37(46)19-38)29(41)33-18-34-31(43)24-12-9-11-23(35-24)20-13-14-22(27(17-20)47-6-3)30(42)36-25(32(44)45)15-16-28(39)40;3-2(4,5)1(6)7/h9,11-14,17,19,21,25-26,46H,4-8,10,15-16,18H2,1-3H3,(H,33,41)(H,34,43)(H,36,42)(H,39,40)(H,44,45);(H,6,7)/t21-,25+,26-;/m1./s1. The fourth-order valence-electron chi connectivity index (χ4n) is 4.91. The Bertz CT molecular complexity index is 1610. The van der Waals surface area contributed by atoms with Gasteiger partial charge in [0.1, 0.15) is 17.5 Å². The van der Waals surface area contributed by atoms with Gasteiger partial charge in [-0.1, -0.05) is 45.2 Å². The van der Waals surface area contributed by atoms with Crippen LogP contribution in [0.2, 0.25) is 0 Å². The van der Waals surface area contributed by atoms with Crippen LogP contribution >= 0.6 is 0 Å². The molecular formula is C34H44F3N5O12. The van der Waals surface area contributed by atoms with E-state index in [-0.39, 0.29) is 43.1 Å². The van der Waals surface area contributed by atoms with E-state index in [1.54, 1.807) is 32.0 Å². The highest BCUT2D eigenvalue weighted by molar-refractivity contribution is 5.99. The van der Waals surface area contributed by atoms with E-state index < -0.39 is 66.2 Å². The van der Waals surface area contributed by atoms with Crippen molar-refractivity contribution in [3.05, 3.63) is 47.7 Å². The molecule has 1 heterocycles. The first-order valence-electron chi connectivity index (χ1n) is 16.7. The Balaban J connectivity index is 0.00000189. The van der Waals surface area contributed by atoms with Crippen molar-refractivity contribution in [1.82, 2.24) is 26.0 Å². The number of unbranched alkanes of at least 4 members (excludes halogenated alkanes) is 2. The lowest BCUT2D eigenvalue weighted by Gasteiger charge is -2.29. The Morgan fingerprint density at radius 1 is 0.944 bits per heavy atom. The number of aromatic nitrogens is 1. The molecule has 298 valence electrons. The van der Waals surface area contributed by atoms with Crippen LogP contribution in [0.1, 0.15) is 86.6 Å². The summed E-state index contributed by atoms with van der Waals surface area (Å²) in [7, 11) is 0. The van der Waals surface area contributed by atoms with Crippen LogP contribution in [0, 0.1) is 5.92 Å². The van der Waals surface area contributed by atoms with E-state index in [0.717, 1.165) is 19.3 Å². The number of carbonyl (C=O) groups is 7. The molecule has 0 aliphatic carbocycles. The first kappa shape index (κ1) is 46.2. The van der Waals surface area contributed by atoms with E-state index >= 15 is 0 Å². The number of carboxylic acids is 3. The van der Waals surface area contributed by atoms with E-state index in [2.05, 4.69) is 20.9 Å². The summed E-state index contributed by atoms with van der Waals surface area (Å²) in [6.07, 6.45) is -2.21. The topological polar surface area (TPSA) is 262 Å². The molecule has 0 unspecified atom stereocenters. The van der Waals surface area contributed by atoms with Crippen molar-refractivity contribution < 1.29 is 72.0 Å². The van der Waals surface area contributed by atoms with Gasteiger partial charge in [-0.05, 0) is 50.5 Å². The maximum absolute atomic E-state index is 13.0. The van der Waals surface area contributed by atoms with Crippen molar-refractivity contribution in [3.63, 3.8) is 0 Å². The number of amides is 4. The number of pyridine rings is 1. The molecule has 1 aromatic heterocycles. The fraction of sp³-hybridized carbons (Fsp3) is 0.471. The molecule has 0 saturated heterocycles. The highest BCUT2D eigenvalue weighted by Gasteiger charge is 2.38. The Hall–Kier alpha value is -5.79. The summed E-state index contributed by atoms with van der Waals surface area (Å²) in [5.74, 6) is -7.65. The fourth-order valence-corrected chi connectivity index (χ4v) is 4.91. The largest absolute Gasteiger partial charge is 0.493 e. The molecule has 54 heavy (non-hydrogen) atoms. The molecule has 2 rings (SSSR count). The number of nitrogens with zero attached hydrogens (tertiary/aromatic N) is 2. The Morgan fingerprint density at radius 3 is 2.15 bits per heavy atom. The van der Waals surface area contributed by atoms with Gasteiger partial charge in [0.05, 0.1) is 36.5 Å². The Kier molecular flexibility index (Phi) is 19.7. The molecular weight excluding hydrogens is 727 g/mol. The maximum Gasteiger partial charge on any atom is 0.490 e. The molecule has 0 bridgehead atoms. The van der Waals surface area contributed by atoms with Crippen LogP contribution in [0.15, 0.2) is 36.4 Å². The van der Waals surface area contributed by atoms with E-state index in [9.17, 15) is 52.3 Å². The van der Waals surface area contributed by atoms with Gasteiger partial charge in [-0.25, -0.2) is 19.6 Å². The Labute approximate surface area is 307 Å². The molecule has 0 fully saturated rings. The number of benzene rings is 1. The number of hydroxylamine groups is 2. The van der Waals surface area contributed by atoms with Crippen molar-refractivity contribution in [2.75, 3.05) is 13.3 Å². The van der Waals surface area contributed by atoms with Crippen molar-refractivity contribution in [3.8, 4) is 17.0 Å². The summed E-state index contributed by atoms with van der Waals surface area (Å²) in [6, 6.07) is 7.04. The van der Waals surface area contributed by atoms with Crippen LogP contribution in [0.4, 0.5) is 13.2 Å². The monoisotopic (exact) mass is 771 g/mol. The number of ether oxygens (including phenoxy) is 1. The van der Waals surface area contributed by atoms with Gasteiger partial charge < -0.3 is 36.0 Å². The first-order chi connectivity index (χ1) is 25.4. The molecule has 0 aliphatic rings. The highest BCUT2D eigenvalue weighted by Crippen LogP contribution is 2.27. The smallest absolute Gasteiger partial charge is 0.490 e. The first-order valence-corrected chi connectivity index (χ1v) is 16.7. The van der Waals surface area contributed by atoms with Crippen LogP contribution in [-0.2, 0) is 24.0 Å². The summed E-state index contributed by atoms with van der Waals surface area (Å²) >= 11 is 0. The zero-order chi connectivity index (χ0) is 41.0. The molecule has 2 aromatic rings. The van der Waals surface area contributed by atoms with Gasteiger partial charge in [0, 0.05) is 12.0 Å². The minimum atomic E-state index is -5.08. The SMILES string of the molecule is CCCCC[C@@H](C(=O)NCNC(=O)c1cccc(-c2ccc(C(=O)N[C@@H](CCC(=O)O)C(=O)O)c(OCC)c2)n1)[C@@H](CC)N(O)C=O.O=C(O)C(F)(F)F. The molecule has 20 heteroatoms. The van der Waals surface area contributed by atoms with Gasteiger partial charge in [-0.2, -0.15) is 13.2 Å². The minimum Gasteiger partial charge on any atom is -0.493 e. The third-order valence-corrected chi connectivity index (χ3v) is 7.59. The second kappa shape index (κ2) is 23.0. The van der Waals surface area contributed by atoms with Crippen molar-refractivity contribution in [1.29, 1.82) is 0 Å². The normalized spacial score (nSPS) is 12.4. The molecule has 3 atom stereocenters. The number of alkyl halides is 3. The third-order valence-electron chi connectivity index (χ3n) is 7.59. The number of nitrogens with one attached hydrogen (secondary N) is 3. The Morgan fingerprint density at radius 2 is 1.61 bits per heavy atom. The molecule has 0 saturated carbocycles. The molecule has 1 aromatic carbocycles. The van der Waals surface area contributed by atoms with Crippen LogP contribution in [0.25, 0.3) is 11.3 Å². The van der Waals surface area contributed by atoms with E-state index in [1.165, 1.54) is 18.2 Å². The van der Waals surface area contributed by atoms with Crippen LogP contribution < -0.4 is 20.7 Å². The lowest BCUT2D eigenvalue weighted by atomic mass is 9.90. The van der Waals surface area contributed by atoms with Crippen LogP contribution in [0.3, 0.4) is 0 Å². The number of hydrogen-bond donors (Lipinski definition) is 7. The zero-order valence-corrected chi connectivity index (χ0v) is 29.7. The quantitative estimate of drug-likeness (QED) is 0.0316. The molecule has 0 aliphatic heterocycles. The number of hydrogen-bond acceptors (Lipinski definition) is 10. The van der Waals surface area contributed by atoms with Gasteiger partial charge in [-0.3, -0.25) is 29.2 Å². The second-order valence-corrected chi connectivity index (χ2v) is 11.4. The summed E-state index contributed by atoms with van der Waals surface area (Å²) in [5, 5.41) is 43.5. The van der Waals surface area contributed by atoms with Crippen molar-refractivity contribution in [2.24, 2.45) is 5.92 Å². The summed E-state index contributed by atoms with van der Waals surface area (Å²) in [4.78, 5) is 85.7. The predicted molar refractivity (Wildman–Crippen MR) is 182 cm³/mol. The molecule has 0 spiro atoms. The lowest BCUT2D eigenvalue weighted by molar-refractivity contribution is -0.192. The van der Waals surface area contributed by atoms with Gasteiger partial charge in [0.2, 0.25) is 12.3 Å². The van der Waals surface area contributed by atoms with Crippen molar-refractivity contribution >= 4 is 42.0 Å². The van der Waals surface area contributed by atoms with Gasteiger partial charge in [-0.15, -0.1) is 0 Å². The molecule has 4 amide bonds. The minimum absolute atomic E-state index is 0.0255. The van der Waals surface area contributed by atoms with E-state index in [4.69, 9.17) is 19.7 Å². The number of rotatable bonds is 21. The lowest BCUT2D eigenvalue weighted by Crippen LogP contribution is -2.47. The summed E-state index contributed by atoms with van der Waals surface area (Å²) in [6.45, 7) is 5.43. The number of carboxylic acid groups (broad SMARTS) is 3. The molecule has 7 N–H and O–H groups in total. The summed E-state index contributed by atoms with van der Waals surface area (Å²) in [5.41, 5.74) is 0.904. The average Bonchev–Trinajstić information content (AvgIpc) is 3.12. The van der Waals surface area contributed by atoms with Gasteiger partial charge in [0.15, 0.2) is 0 Å².